The first-order valence-electron chi connectivity index (χ1n) is 6.66. The highest BCUT2D eigenvalue weighted by atomic mass is 32.1. The minimum atomic E-state index is 0.0519. The van der Waals surface area contributed by atoms with E-state index in [1.165, 1.54) is 11.3 Å². The third-order valence-corrected chi connectivity index (χ3v) is 3.80. The molecule has 0 bridgehead atoms. The van der Waals surface area contributed by atoms with Crippen molar-refractivity contribution in [2.75, 3.05) is 31.2 Å². The molecule has 0 radical (unpaired) electrons. The highest BCUT2D eigenvalue weighted by Gasteiger charge is 2.08. The average molecular weight is 307 g/mol. The molecular weight excluding hydrogens is 288 g/mol. The first-order valence-corrected chi connectivity index (χ1v) is 7.54. The highest BCUT2D eigenvalue weighted by molar-refractivity contribution is 7.12. The van der Waals surface area contributed by atoms with Gasteiger partial charge in [0, 0.05) is 24.2 Å². The summed E-state index contributed by atoms with van der Waals surface area (Å²) in [6.45, 7) is 1.09. The van der Waals surface area contributed by atoms with Crippen LogP contribution in [0.3, 0.4) is 0 Å². The van der Waals surface area contributed by atoms with E-state index in [0.717, 1.165) is 16.5 Å². The Kier molecular flexibility index (Phi) is 5.79. The van der Waals surface area contributed by atoms with Gasteiger partial charge in [-0.25, -0.2) is 4.57 Å². The van der Waals surface area contributed by atoms with Gasteiger partial charge in [0.2, 0.25) is 0 Å². The quantitative estimate of drug-likeness (QED) is 0.605. The average Bonchev–Trinajstić information content (AvgIpc) is 2.91. The van der Waals surface area contributed by atoms with Crippen LogP contribution in [0.1, 0.15) is 0 Å². The molecule has 0 atom stereocenters. The largest absolute Gasteiger partial charge is 0.408 e. The van der Waals surface area contributed by atoms with Crippen LogP contribution in [0.25, 0.3) is 0 Å². The molecule has 2 rings (SSSR count). The number of aromatic nitrogens is 1. The van der Waals surface area contributed by atoms with Crippen LogP contribution >= 0.6 is 11.3 Å². The smallest absolute Gasteiger partial charge is 0.395 e. The fraction of sp³-hybridized carbons (Fsp3) is 0.357. The van der Waals surface area contributed by atoms with E-state index >= 15 is 0 Å². The van der Waals surface area contributed by atoms with Crippen LogP contribution in [0.5, 0.6) is 0 Å². The second-order valence-electron chi connectivity index (χ2n) is 4.45. The zero-order valence-electron chi connectivity index (χ0n) is 11.9. The van der Waals surface area contributed by atoms with E-state index in [-0.39, 0.29) is 13.2 Å². The van der Waals surface area contributed by atoms with E-state index in [2.05, 4.69) is 10.2 Å². The zero-order chi connectivity index (χ0) is 15.1. The second kappa shape index (κ2) is 7.82. The van der Waals surface area contributed by atoms with Crippen molar-refractivity contribution in [2.24, 2.45) is 17.3 Å². The van der Waals surface area contributed by atoms with Crippen molar-refractivity contribution in [3.8, 4) is 0 Å². The first kappa shape index (κ1) is 15.6. The van der Waals surface area contributed by atoms with E-state index in [1.807, 2.05) is 52.4 Å². The molecule has 0 fully saturated rings. The predicted molar refractivity (Wildman–Crippen MR) is 82.5 cm³/mol. The Bertz CT molecular complexity index is 577. The molecule has 2 aromatic rings. The van der Waals surface area contributed by atoms with Gasteiger partial charge < -0.3 is 15.1 Å². The fourth-order valence-electron chi connectivity index (χ4n) is 1.87. The number of rotatable bonds is 7. The Labute approximate surface area is 127 Å². The molecule has 0 saturated carbocycles. The Morgan fingerprint density at radius 2 is 1.76 bits per heavy atom. The van der Waals surface area contributed by atoms with Crippen LogP contribution < -0.4 is 9.47 Å². The maximum atomic E-state index is 9.04. The van der Waals surface area contributed by atoms with Gasteiger partial charge in [0.05, 0.1) is 25.4 Å². The molecule has 1 aromatic carbocycles. The van der Waals surface area contributed by atoms with Gasteiger partial charge in [-0.15, -0.1) is 0 Å². The van der Waals surface area contributed by atoms with Crippen molar-refractivity contribution in [1.82, 2.24) is 0 Å². The monoisotopic (exact) mass is 307 g/mol. The number of azo groups is 1. The number of thiazole rings is 1. The highest BCUT2D eigenvalue weighted by Crippen LogP contribution is 2.22. The summed E-state index contributed by atoms with van der Waals surface area (Å²) < 4.78 is 1.91. The van der Waals surface area contributed by atoms with Crippen molar-refractivity contribution in [3.05, 3.63) is 35.8 Å². The minimum absolute atomic E-state index is 0.0519. The number of hydrogen-bond donors (Lipinski definition) is 2. The summed E-state index contributed by atoms with van der Waals surface area (Å²) >= 11 is 1.53. The van der Waals surface area contributed by atoms with E-state index in [9.17, 15) is 0 Å². The molecule has 0 aliphatic heterocycles. The molecular formula is C14H19N4O2S+. The lowest BCUT2D eigenvalue weighted by Gasteiger charge is -2.22. The van der Waals surface area contributed by atoms with Gasteiger partial charge in [0.15, 0.2) is 0 Å². The van der Waals surface area contributed by atoms with Gasteiger partial charge in [-0.1, -0.05) is 0 Å². The molecule has 1 heterocycles. The van der Waals surface area contributed by atoms with E-state index < -0.39 is 0 Å². The third kappa shape index (κ3) is 4.32. The second-order valence-corrected chi connectivity index (χ2v) is 5.32. The molecule has 0 aliphatic rings. The van der Waals surface area contributed by atoms with E-state index in [4.69, 9.17) is 10.2 Å². The van der Waals surface area contributed by atoms with Gasteiger partial charge in [0.1, 0.15) is 11.9 Å². The summed E-state index contributed by atoms with van der Waals surface area (Å²) in [7, 11) is 1.93. The van der Waals surface area contributed by atoms with Crippen LogP contribution in [0, 0.1) is 0 Å². The van der Waals surface area contributed by atoms with Crippen molar-refractivity contribution in [3.63, 3.8) is 0 Å². The lowest BCUT2D eigenvalue weighted by Crippen LogP contribution is -2.29. The van der Waals surface area contributed by atoms with Crippen LogP contribution in [-0.4, -0.2) is 36.5 Å². The Morgan fingerprint density at radius 1 is 1.10 bits per heavy atom. The first-order chi connectivity index (χ1) is 10.2. The van der Waals surface area contributed by atoms with Crippen LogP contribution in [-0.2, 0) is 7.05 Å². The number of nitrogens with zero attached hydrogens (tertiary/aromatic N) is 4. The standard InChI is InChI=1S/C14H19N4O2S/c1-17-8-11-21-14(17)16-15-12-2-4-13(5-3-12)18(6-9-19)7-10-20/h2-5,8,11,19-20H,6-7,9-10H2,1H3/q+1. The fourth-order valence-corrected chi connectivity index (χ4v) is 2.55. The molecule has 0 saturated heterocycles. The van der Waals surface area contributed by atoms with Gasteiger partial charge >= 0.3 is 5.13 Å². The van der Waals surface area contributed by atoms with E-state index in [1.54, 1.807) is 0 Å². The SMILES string of the molecule is C[n+]1ccsc1N=Nc1ccc(N(CCO)CCO)cc1. The number of aliphatic hydroxyl groups is 2. The molecule has 1 aromatic heterocycles. The Hall–Kier alpha value is -1.83. The van der Waals surface area contributed by atoms with Crippen molar-refractivity contribution in [1.29, 1.82) is 0 Å². The van der Waals surface area contributed by atoms with Crippen molar-refractivity contribution < 1.29 is 14.8 Å². The summed E-state index contributed by atoms with van der Waals surface area (Å²) in [6, 6.07) is 7.56. The number of anilines is 1. The van der Waals surface area contributed by atoms with Gasteiger partial charge in [-0.3, -0.25) is 0 Å². The number of hydrogen-bond acceptors (Lipinski definition) is 6. The Morgan fingerprint density at radius 3 is 2.29 bits per heavy atom. The number of aliphatic hydroxyl groups excluding tert-OH is 2. The third-order valence-electron chi connectivity index (χ3n) is 2.97. The molecule has 0 spiro atoms. The molecule has 21 heavy (non-hydrogen) atoms. The van der Waals surface area contributed by atoms with Crippen molar-refractivity contribution in [2.45, 2.75) is 0 Å². The van der Waals surface area contributed by atoms with Gasteiger partial charge in [-0.2, -0.15) is 0 Å². The molecule has 0 amide bonds. The van der Waals surface area contributed by atoms with Crippen LogP contribution in [0.2, 0.25) is 0 Å². The van der Waals surface area contributed by atoms with Gasteiger partial charge in [-0.05, 0) is 40.7 Å². The maximum absolute atomic E-state index is 9.04. The molecule has 6 nitrogen and oxygen atoms in total. The number of benzene rings is 1. The Balaban J connectivity index is 2.07. The summed E-state index contributed by atoms with van der Waals surface area (Å²) in [6.07, 6.45) is 1.93. The molecule has 0 unspecified atom stereocenters. The maximum Gasteiger partial charge on any atom is 0.408 e. The molecule has 112 valence electrons. The summed E-state index contributed by atoms with van der Waals surface area (Å²) in [5.74, 6) is 0. The van der Waals surface area contributed by atoms with Gasteiger partial charge in [0.25, 0.3) is 0 Å². The van der Waals surface area contributed by atoms with E-state index in [0.29, 0.717) is 13.1 Å². The van der Waals surface area contributed by atoms with Crippen LogP contribution in [0.4, 0.5) is 16.5 Å². The predicted octanol–water partition coefficient (Wildman–Crippen LogP) is 1.78. The zero-order valence-corrected chi connectivity index (χ0v) is 12.7. The lowest BCUT2D eigenvalue weighted by atomic mass is 10.2. The normalized spacial score (nSPS) is 11.2. The summed E-state index contributed by atoms with van der Waals surface area (Å²) in [5.41, 5.74) is 1.71. The minimum Gasteiger partial charge on any atom is -0.395 e. The lowest BCUT2D eigenvalue weighted by molar-refractivity contribution is -0.654. The van der Waals surface area contributed by atoms with Crippen molar-refractivity contribution >= 4 is 27.8 Å². The summed E-state index contributed by atoms with van der Waals surface area (Å²) in [4.78, 5) is 1.92. The topological polar surface area (TPSA) is 72.3 Å². The molecule has 7 heteroatoms. The molecule has 2 N–H and O–H groups in total. The number of aryl methyl sites for hydroxylation is 1. The molecule has 0 aliphatic carbocycles. The van der Waals surface area contributed by atoms with Crippen LogP contribution in [0.15, 0.2) is 46.1 Å². The summed E-state index contributed by atoms with van der Waals surface area (Å²) in [5, 5.41) is 29.3.